The predicted molar refractivity (Wildman–Crippen MR) is 75.3 cm³/mol. The van der Waals surface area contributed by atoms with E-state index in [0.717, 1.165) is 6.26 Å². The molecule has 8 heteroatoms. The third kappa shape index (κ3) is 3.60. The van der Waals surface area contributed by atoms with E-state index in [1.54, 1.807) is 12.1 Å². The van der Waals surface area contributed by atoms with Crippen LogP contribution in [0.15, 0.2) is 16.5 Å². The Balaban J connectivity index is 2.28. The topological polar surface area (TPSA) is 86.2 Å². The Labute approximate surface area is 120 Å². The van der Waals surface area contributed by atoms with Crippen LogP contribution >= 0.6 is 23.2 Å². The first-order chi connectivity index (χ1) is 8.76. The maximum Gasteiger partial charge on any atom is 0.212 e. The van der Waals surface area contributed by atoms with Gasteiger partial charge in [-0.2, -0.15) is 0 Å². The monoisotopic (exact) mass is 322 g/mol. The van der Waals surface area contributed by atoms with Gasteiger partial charge in [-0.15, -0.1) is 0 Å². The molecule has 0 radical (unpaired) electrons. The number of nitrogens with zero attached hydrogens (tertiary/aromatic N) is 1. The molecule has 0 saturated heterocycles. The Morgan fingerprint density at radius 3 is 2.74 bits per heavy atom. The Hall–Kier alpha value is -0.820. The van der Waals surface area contributed by atoms with Gasteiger partial charge in [0, 0.05) is 11.3 Å². The average Bonchev–Trinajstić information content (AvgIpc) is 2.68. The van der Waals surface area contributed by atoms with E-state index in [1.165, 1.54) is 0 Å². The minimum absolute atomic E-state index is 0.0264. The molecule has 104 valence electrons. The second kappa shape index (κ2) is 5.28. The van der Waals surface area contributed by atoms with Crippen molar-refractivity contribution in [2.75, 3.05) is 12.0 Å². The van der Waals surface area contributed by atoms with Gasteiger partial charge in [0.1, 0.15) is 15.4 Å². The first kappa shape index (κ1) is 14.6. The van der Waals surface area contributed by atoms with Crippen molar-refractivity contribution in [3.63, 3.8) is 0 Å². The highest BCUT2D eigenvalue weighted by Crippen LogP contribution is 2.30. The van der Waals surface area contributed by atoms with Gasteiger partial charge in [0.15, 0.2) is 5.58 Å². The molecule has 2 N–H and O–H groups in total. The van der Waals surface area contributed by atoms with Crippen LogP contribution in [0.25, 0.3) is 11.1 Å². The van der Waals surface area contributed by atoms with Crippen molar-refractivity contribution in [3.05, 3.63) is 28.1 Å². The smallest absolute Gasteiger partial charge is 0.212 e. The lowest BCUT2D eigenvalue weighted by molar-refractivity contribution is 0.468. The number of benzene rings is 1. The number of hydrogen-bond acceptors (Lipinski definition) is 5. The van der Waals surface area contributed by atoms with Crippen molar-refractivity contribution < 1.29 is 12.8 Å². The second-order valence-electron chi connectivity index (χ2n) is 4.31. The largest absolute Gasteiger partial charge is 0.437 e. The van der Waals surface area contributed by atoms with Crippen molar-refractivity contribution >= 4 is 44.1 Å². The average molecular weight is 323 g/mol. The van der Waals surface area contributed by atoms with Crippen LogP contribution in [0.3, 0.4) is 0 Å². The summed E-state index contributed by atoms with van der Waals surface area (Å²) in [5.74, 6) is 0.226. The normalized spacial score (nSPS) is 13.9. The summed E-state index contributed by atoms with van der Waals surface area (Å²) in [4.78, 5) is 4.18. The van der Waals surface area contributed by atoms with Crippen molar-refractivity contribution in [1.82, 2.24) is 4.98 Å². The molecule has 0 spiro atoms. The van der Waals surface area contributed by atoms with Gasteiger partial charge in [0.25, 0.3) is 0 Å². The van der Waals surface area contributed by atoms with Crippen molar-refractivity contribution in [2.24, 2.45) is 5.73 Å². The SMILES string of the molecule is CS(=O)(=O)CCC(N)c1nc2cc(Cl)cc(Cl)c2o1. The van der Waals surface area contributed by atoms with Crippen LogP contribution in [0.4, 0.5) is 0 Å². The minimum atomic E-state index is -3.07. The highest BCUT2D eigenvalue weighted by molar-refractivity contribution is 7.90. The number of halogens is 2. The first-order valence-electron chi connectivity index (χ1n) is 5.45. The van der Waals surface area contributed by atoms with E-state index in [-0.39, 0.29) is 18.1 Å². The fourth-order valence-electron chi connectivity index (χ4n) is 1.60. The Morgan fingerprint density at radius 2 is 2.11 bits per heavy atom. The number of sulfone groups is 1. The molecule has 1 atom stereocenters. The Morgan fingerprint density at radius 1 is 1.42 bits per heavy atom. The van der Waals surface area contributed by atoms with Crippen molar-refractivity contribution in [3.8, 4) is 0 Å². The lowest BCUT2D eigenvalue weighted by Gasteiger charge is -2.05. The fourth-order valence-corrected chi connectivity index (χ4v) is 2.80. The predicted octanol–water partition coefficient (Wildman–Crippen LogP) is 2.57. The summed E-state index contributed by atoms with van der Waals surface area (Å²) in [6, 6.07) is 2.55. The van der Waals surface area contributed by atoms with Crippen LogP contribution < -0.4 is 5.73 Å². The van der Waals surface area contributed by atoms with Crippen LogP contribution in [-0.2, 0) is 9.84 Å². The summed E-state index contributed by atoms with van der Waals surface area (Å²) in [5, 5.41) is 0.790. The lowest BCUT2D eigenvalue weighted by Crippen LogP contribution is -2.15. The standard InChI is InChI=1S/C11H12Cl2N2O3S/c1-19(16,17)3-2-8(14)11-15-9-5-6(12)4-7(13)10(9)18-11/h4-5,8H,2-3,14H2,1H3. The number of oxazole rings is 1. The third-order valence-corrected chi connectivity index (χ3v) is 4.02. The summed E-state index contributed by atoms with van der Waals surface area (Å²) < 4.78 is 27.6. The first-order valence-corrected chi connectivity index (χ1v) is 8.27. The zero-order valence-electron chi connectivity index (χ0n) is 10.1. The molecule has 1 aromatic carbocycles. The molecule has 0 aliphatic heterocycles. The Bertz CT molecular complexity index is 712. The molecular weight excluding hydrogens is 311 g/mol. The van der Waals surface area contributed by atoms with E-state index in [0.29, 0.717) is 21.1 Å². The zero-order chi connectivity index (χ0) is 14.2. The Kier molecular flexibility index (Phi) is 4.06. The molecule has 1 heterocycles. The van der Waals surface area contributed by atoms with Gasteiger partial charge in [-0.05, 0) is 18.6 Å². The molecule has 0 aliphatic rings. The van der Waals surface area contributed by atoms with E-state index in [1.807, 2.05) is 0 Å². The quantitative estimate of drug-likeness (QED) is 0.934. The number of fused-ring (bicyclic) bond motifs is 1. The van der Waals surface area contributed by atoms with Gasteiger partial charge in [-0.1, -0.05) is 23.2 Å². The fraction of sp³-hybridized carbons (Fsp3) is 0.364. The summed E-state index contributed by atoms with van der Waals surface area (Å²) in [5.41, 5.74) is 6.76. The maximum atomic E-state index is 11.1. The molecule has 1 unspecified atom stereocenters. The molecule has 0 fully saturated rings. The molecule has 0 aliphatic carbocycles. The zero-order valence-corrected chi connectivity index (χ0v) is 12.4. The van der Waals surface area contributed by atoms with Crippen LogP contribution in [0.1, 0.15) is 18.4 Å². The summed E-state index contributed by atoms with van der Waals surface area (Å²) in [7, 11) is -3.07. The molecule has 1 aromatic heterocycles. The van der Waals surface area contributed by atoms with Gasteiger partial charge in [0.2, 0.25) is 5.89 Å². The summed E-state index contributed by atoms with van der Waals surface area (Å²) in [6.07, 6.45) is 1.39. The summed E-state index contributed by atoms with van der Waals surface area (Å²) >= 11 is 11.8. The molecule has 2 rings (SSSR count). The van der Waals surface area contributed by atoms with Crippen LogP contribution in [0, 0.1) is 0 Å². The second-order valence-corrected chi connectivity index (χ2v) is 7.42. The number of hydrogen-bond donors (Lipinski definition) is 1. The van der Waals surface area contributed by atoms with Crippen molar-refractivity contribution in [2.45, 2.75) is 12.5 Å². The van der Waals surface area contributed by atoms with Gasteiger partial charge in [0.05, 0.1) is 16.8 Å². The molecule has 0 bridgehead atoms. The summed E-state index contributed by atoms with van der Waals surface area (Å²) in [6.45, 7) is 0. The minimum Gasteiger partial charge on any atom is -0.437 e. The number of nitrogens with two attached hydrogens (primary N) is 1. The van der Waals surface area contributed by atoms with E-state index in [9.17, 15) is 8.42 Å². The molecule has 0 saturated carbocycles. The van der Waals surface area contributed by atoms with Crippen LogP contribution in [0.5, 0.6) is 0 Å². The highest BCUT2D eigenvalue weighted by Gasteiger charge is 2.18. The highest BCUT2D eigenvalue weighted by atomic mass is 35.5. The maximum absolute atomic E-state index is 11.1. The van der Waals surface area contributed by atoms with Gasteiger partial charge in [-0.25, -0.2) is 13.4 Å². The van der Waals surface area contributed by atoms with E-state index in [4.69, 9.17) is 33.4 Å². The van der Waals surface area contributed by atoms with E-state index >= 15 is 0 Å². The van der Waals surface area contributed by atoms with Gasteiger partial charge in [-0.3, -0.25) is 0 Å². The van der Waals surface area contributed by atoms with Crippen molar-refractivity contribution in [1.29, 1.82) is 0 Å². The molecule has 5 nitrogen and oxygen atoms in total. The number of rotatable bonds is 4. The van der Waals surface area contributed by atoms with Gasteiger partial charge < -0.3 is 10.2 Å². The molecule has 0 amide bonds. The molecule has 2 aromatic rings. The van der Waals surface area contributed by atoms with Crippen LogP contribution in [-0.4, -0.2) is 25.4 Å². The lowest BCUT2D eigenvalue weighted by atomic mass is 10.2. The number of aromatic nitrogens is 1. The van der Waals surface area contributed by atoms with E-state index < -0.39 is 15.9 Å². The molecular formula is C11H12Cl2N2O3S. The van der Waals surface area contributed by atoms with Gasteiger partial charge >= 0.3 is 0 Å². The third-order valence-electron chi connectivity index (χ3n) is 2.54. The van der Waals surface area contributed by atoms with E-state index in [2.05, 4.69) is 4.98 Å². The van der Waals surface area contributed by atoms with Crippen LogP contribution in [0.2, 0.25) is 10.0 Å². The molecule has 19 heavy (non-hydrogen) atoms.